The van der Waals surface area contributed by atoms with Gasteiger partial charge in [-0.2, -0.15) is 0 Å². The van der Waals surface area contributed by atoms with E-state index in [2.05, 4.69) is 10.3 Å². The molecule has 100 valence electrons. The molecule has 0 atom stereocenters. The van der Waals surface area contributed by atoms with Gasteiger partial charge in [-0.15, -0.1) is 24.0 Å². The van der Waals surface area contributed by atoms with Crippen molar-refractivity contribution in [3.05, 3.63) is 35.4 Å². The van der Waals surface area contributed by atoms with Crippen LogP contribution in [0.15, 0.2) is 29.3 Å². The summed E-state index contributed by atoms with van der Waals surface area (Å²) >= 11 is 0. The van der Waals surface area contributed by atoms with E-state index in [1.165, 1.54) is 0 Å². The van der Waals surface area contributed by atoms with Crippen molar-refractivity contribution in [2.24, 2.45) is 16.5 Å². The van der Waals surface area contributed by atoms with Crippen LogP contribution in [0.4, 0.5) is 0 Å². The van der Waals surface area contributed by atoms with E-state index in [4.69, 9.17) is 11.5 Å². The van der Waals surface area contributed by atoms with Gasteiger partial charge in [-0.25, -0.2) is 4.99 Å². The minimum Gasteiger partial charge on any atom is -0.370 e. The number of halogens is 1. The van der Waals surface area contributed by atoms with Crippen LogP contribution in [0, 0.1) is 0 Å². The van der Waals surface area contributed by atoms with Gasteiger partial charge in [-0.1, -0.05) is 19.1 Å². The van der Waals surface area contributed by atoms with Crippen LogP contribution in [0.1, 0.15) is 29.3 Å². The molecule has 0 bridgehead atoms. The second-order valence-corrected chi connectivity index (χ2v) is 3.70. The number of carbonyl (C=O) groups is 1. The monoisotopic (exact) mass is 362 g/mol. The number of rotatable bonds is 5. The molecule has 0 heterocycles. The van der Waals surface area contributed by atoms with Gasteiger partial charge in [-0.3, -0.25) is 4.79 Å². The van der Waals surface area contributed by atoms with Gasteiger partial charge in [0.1, 0.15) is 0 Å². The molecule has 1 aromatic rings. The van der Waals surface area contributed by atoms with Crippen LogP contribution >= 0.6 is 24.0 Å². The van der Waals surface area contributed by atoms with E-state index in [-0.39, 0.29) is 35.8 Å². The summed E-state index contributed by atoms with van der Waals surface area (Å²) in [7, 11) is 0. The third-order valence-electron chi connectivity index (χ3n) is 2.17. The number of nitrogens with two attached hydrogens (primary N) is 2. The van der Waals surface area contributed by atoms with Crippen LogP contribution in [0.2, 0.25) is 0 Å². The molecule has 6 heteroatoms. The zero-order chi connectivity index (χ0) is 12.7. The van der Waals surface area contributed by atoms with Crippen molar-refractivity contribution in [1.29, 1.82) is 0 Å². The van der Waals surface area contributed by atoms with Crippen LogP contribution in [0.3, 0.4) is 0 Å². The number of hydrogen-bond donors (Lipinski definition) is 3. The zero-order valence-corrected chi connectivity index (χ0v) is 12.7. The molecule has 5 N–H and O–H groups in total. The second-order valence-electron chi connectivity index (χ2n) is 3.70. The molecular formula is C12H19IN4O. The van der Waals surface area contributed by atoms with Crippen molar-refractivity contribution in [3.8, 4) is 0 Å². The minimum atomic E-state index is -0.0709. The molecule has 1 aromatic carbocycles. The Kier molecular flexibility index (Phi) is 8.10. The fraction of sp³-hybridized carbons (Fsp3) is 0.333. The van der Waals surface area contributed by atoms with Gasteiger partial charge < -0.3 is 16.8 Å². The fourth-order valence-electron chi connectivity index (χ4n) is 1.33. The number of amides is 1. The normalized spacial score (nSPS) is 9.17. The third-order valence-corrected chi connectivity index (χ3v) is 2.17. The Morgan fingerprint density at radius 1 is 1.39 bits per heavy atom. The standard InChI is InChI=1S/C12H18N4O.HI/c1-2-6-15-11(17)10-5-3-4-9(7-10)8-16-12(13)14;/h3-5,7H,2,6,8H2,1H3,(H,15,17)(H4,13,14,16);1H. The molecule has 0 fully saturated rings. The molecular weight excluding hydrogens is 343 g/mol. The highest BCUT2D eigenvalue weighted by Crippen LogP contribution is 2.06. The van der Waals surface area contributed by atoms with E-state index in [0.29, 0.717) is 18.7 Å². The molecule has 5 nitrogen and oxygen atoms in total. The van der Waals surface area contributed by atoms with Gasteiger partial charge in [0, 0.05) is 12.1 Å². The summed E-state index contributed by atoms with van der Waals surface area (Å²) in [5.74, 6) is -0.0239. The predicted molar refractivity (Wildman–Crippen MR) is 84.0 cm³/mol. The van der Waals surface area contributed by atoms with Crippen LogP contribution < -0.4 is 16.8 Å². The summed E-state index contributed by atoms with van der Waals surface area (Å²) in [4.78, 5) is 15.6. The van der Waals surface area contributed by atoms with Crippen molar-refractivity contribution in [2.75, 3.05) is 6.54 Å². The molecule has 0 aromatic heterocycles. The average molecular weight is 362 g/mol. The van der Waals surface area contributed by atoms with E-state index in [9.17, 15) is 4.79 Å². The molecule has 0 saturated carbocycles. The number of benzene rings is 1. The summed E-state index contributed by atoms with van der Waals surface area (Å²) in [5.41, 5.74) is 12.0. The first-order valence-corrected chi connectivity index (χ1v) is 5.56. The Bertz CT molecular complexity index is 416. The summed E-state index contributed by atoms with van der Waals surface area (Å²) < 4.78 is 0. The molecule has 1 rings (SSSR count). The van der Waals surface area contributed by atoms with Crippen LogP contribution in [0.25, 0.3) is 0 Å². The highest BCUT2D eigenvalue weighted by molar-refractivity contribution is 14.0. The predicted octanol–water partition coefficient (Wildman–Crippen LogP) is 1.22. The first-order chi connectivity index (χ1) is 8.13. The summed E-state index contributed by atoms with van der Waals surface area (Å²) in [5, 5.41) is 2.82. The maximum absolute atomic E-state index is 11.7. The lowest BCUT2D eigenvalue weighted by Gasteiger charge is -2.05. The van der Waals surface area contributed by atoms with E-state index >= 15 is 0 Å². The SMILES string of the molecule is CCCNC(=O)c1cccc(CN=C(N)N)c1.I. The van der Waals surface area contributed by atoms with E-state index in [1.54, 1.807) is 12.1 Å². The van der Waals surface area contributed by atoms with Crippen molar-refractivity contribution >= 4 is 35.8 Å². The van der Waals surface area contributed by atoms with Crippen molar-refractivity contribution in [3.63, 3.8) is 0 Å². The molecule has 0 saturated heterocycles. The molecule has 0 radical (unpaired) electrons. The van der Waals surface area contributed by atoms with Crippen LogP contribution in [0.5, 0.6) is 0 Å². The number of guanidine groups is 1. The van der Waals surface area contributed by atoms with Gasteiger partial charge in [-0.05, 0) is 24.1 Å². The van der Waals surface area contributed by atoms with Crippen LogP contribution in [-0.4, -0.2) is 18.4 Å². The highest BCUT2D eigenvalue weighted by atomic mass is 127. The molecule has 1 amide bonds. The van der Waals surface area contributed by atoms with Gasteiger partial charge in [0.15, 0.2) is 5.96 Å². The Morgan fingerprint density at radius 2 is 2.11 bits per heavy atom. The topological polar surface area (TPSA) is 93.5 Å². The number of hydrogen-bond acceptors (Lipinski definition) is 2. The molecule has 0 aliphatic carbocycles. The van der Waals surface area contributed by atoms with E-state index < -0.39 is 0 Å². The van der Waals surface area contributed by atoms with Crippen molar-refractivity contribution in [2.45, 2.75) is 19.9 Å². The van der Waals surface area contributed by atoms with Gasteiger partial charge in [0.2, 0.25) is 0 Å². The largest absolute Gasteiger partial charge is 0.370 e. The van der Waals surface area contributed by atoms with Gasteiger partial charge >= 0.3 is 0 Å². The Morgan fingerprint density at radius 3 is 2.72 bits per heavy atom. The lowest BCUT2D eigenvalue weighted by atomic mass is 10.1. The lowest BCUT2D eigenvalue weighted by Crippen LogP contribution is -2.24. The Hall–Kier alpha value is -1.31. The number of nitrogens with zero attached hydrogens (tertiary/aromatic N) is 1. The summed E-state index contributed by atoms with van der Waals surface area (Å²) in [6, 6.07) is 7.25. The fourth-order valence-corrected chi connectivity index (χ4v) is 1.33. The van der Waals surface area contributed by atoms with E-state index in [0.717, 1.165) is 12.0 Å². The molecule has 0 unspecified atom stereocenters. The zero-order valence-electron chi connectivity index (χ0n) is 10.3. The average Bonchev–Trinajstić information content (AvgIpc) is 2.33. The van der Waals surface area contributed by atoms with E-state index in [1.807, 2.05) is 19.1 Å². The summed E-state index contributed by atoms with van der Waals surface area (Å²) in [6.07, 6.45) is 0.916. The minimum absolute atomic E-state index is 0. The summed E-state index contributed by atoms with van der Waals surface area (Å²) in [6.45, 7) is 3.07. The quantitative estimate of drug-likeness (QED) is 0.418. The number of carbonyl (C=O) groups excluding carboxylic acids is 1. The second kappa shape index (κ2) is 8.73. The third kappa shape index (κ3) is 5.85. The molecule has 0 spiro atoms. The molecule has 0 aliphatic rings. The number of nitrogens with one attached hydrogen (secondary N) is 1. The van der Waals surface area contributed by atoms with Gasteiger partial charge in [0.25, 0.3) is 5.91 Å². The maximum atomic E-state index is 11.7. The highest BCUT2D eigenvalue weighted by Gasteiger charge is 2.04. The van der Waals surface area contributed by atoms with Crippen LogP contribution in [-0.2, 0) is 6.54 Å². The smallest absolute Gasteiger partial charge is 0.251 e. The van der Waals surface area contributed by atoms with Crippen molar-refractivity contribution < 1.29 is 4.79 Å². The lowest BCUT2D eigenvalue weighted by molar-refractivity contribution is 0.0953. The van der Waals surface area contributed by atoms with Crippen molar-refractivity contribution in [1.82, 2.24) is 5.32 Å². The number of aliphatic imine (C=N–C) groups is 1. The van der Waals surface area contributed by atoms with Gasteiger partial charge in [0.05, 0.1) is 6.54 Å². The maximum Gasteiger partial charge on any atom is 0.251 e. The molecule has 0 aliphatic heterocycles. The Balaban J connectivity index is 0.00000289. The molecule has 18 heavy (non-hydrogen) atoms. The first-order valence-electron chi connectivity index (χ1n) is 5.56. The Labute approximate surface area is 124 Å². The first kappa shape index (κ1) is 16.7.